The van der Waals surface area contributed by atoms with Crippen LogP contribution >= 0.6 is 0 Å². The van der Waals surface area contributed by atoms with Gasteiger partial charge in [0.25, 0.3) is 0 Å². The highest BCUT2D eigenvalue weighted by Crippen LogP contribution is 2.44. The molecule has 1 aromatic heterocycles. The summed E-state index contributed by atoms with van der Waals surface area (Å²) in [6, 6.07) is 18.1. The van der Waals surface area contributed by atoms with Gasteiger partial charge in [-0.3, -0.25) is 0 Å². The van der Waals surface area contributed by atoms with Crippen LogP contribution in [0, 0.1) is 0 Å². The second-order valence-electron chi connectivity index (χ2n) is 11.6. The van der Waals surface area contributed by atoms with E-state index < -0.39 is 8.07 Å². The molecule has 0 radical (unpaired) electrons. The van der Waals surface area contributed by atoms with Gasteiger partial charge in [0, 0.05) is 23.1 Å². The predicted molar refractivity (Wildman–Crippen MR) is 168 cm³/mol. The van der Waals surface area contributed by atoms with E-state index in [4.69, 9.17) is 4.74 Å². The lowest BCUT2D eigenvalue weighted by molar-refractivity contribution is 0.361. The fourth-order valence-electron chi connectivity index (χ4n) is 6.35. The number of fused-ring (bicyclic) bond motifs is 1. The van der Waals surface area contributed by atoms with Crippen molar-refractivity contribution in [2.24, 2.45) is 0 Å². The van der Waals surface area contributed by atoms with Crippen molar-refractivity contribution < 1.29 is 4.74 Å². The van der Waals surface area contributed by atoms with Crippen molar-refractivity contribution in [2.75, 3.05) is 6.61 Å². The van der Waals surface area contributed by atoms with Crippen LogP contribution in [0.5, 0.6) is 5.75 Å². The van der Waals surface area contributed by atoms with Crippen molar-refractivity contribution in [2.45, 2.75) is 90.8 Å². The summed E-state index contributed by atoms with van der Waals surface area (Å²) in [6.45, 7) is 16.6. The number of benzene rings is 2. The molecule has 0 saturated carbocycles. The van der Waals surface area contributed by atoms with E-state index in [0.717, 1.165) is 18.6 Å². The minimum absolute atomic E-state index is 0.433. The highest BCUT2D eigenvalue weighted by Gasteiger charge is 2.42. The lowest BCUT2D eigenvalue weighted by atomic mass is 10.00. The molecule has 1 heterocycles. The number of unbranched alkanes of at least 4 members (excludes halogenated alkanes) is 4. The first-order valence-corrected chi connectivity index (χ1v) is 17.8. The molecule has 2 aromatic carbocycles. The molecule has 4 rings (SSSR count). The number of allylic oxidation sites excluding steroid dienone is 1. The summed E-state index contributed by atoms with van der Waals surface area (Å²) < 4.78 is 8.92. The van der Waals surface area contributed by atoms with E-state index >= 15 is 0 Å². The Hall–Kier alpha value is -2.78. The molecule has 202 valence electrons. The van der Waals surface area contributed by atoms with Gasteiger partial charge < -0.3 is 9.30 Å². The Bertz CT molecular complexity index is 1250. The summed E-state index contributed by atoms with van der Waals surface area (Å²) in [5, 5.41) is 1.48. The standard InChI is InChI=1S/C35H47NOSi/c1-7-10-13-17-28-25-29(18-14-11-8-2)34(37-23-9-3)33(26-28)38(5,6)35-27(4)24-32-31(35)21-22-36(32)30-19-15-12-16-20-30/h9,12,15-16,19-22,24-26,35H,3,7-8,10-11,13-14,17-18,23H2,1-2,4-6H3. The third-order valence-electron chi connectivity index (χ3n) is 8.23. The van der Waals surface area contributed by atoms with Gasteiger partial charge in [-0.1, -0.05) is 101 Å². The topological polar surface area (TPSA) is 14.2 Å². The van der Waals surface area contributed by atoms with Crippen molar-refractivity contribution in [1.82, 2.24) is 4.57 Å². The summed E-state index contributed by atoms with van der Waals surface area (Å²) in [5.41, 5.74) is 8.86. The lowest BCUT2D eigenvalue weighted by Gasteiger charge is -2.34. The van der Waals surface area contributed by atoms with Gasteiger partial charge in [-0.05, 0) is 78.8 Å². The van der Waals surface area contributed by atoms with Crippen molar-refractivity contribution in [3.8, 4) is 11.4 Å². The summed E-state index contributed by atoms with van der Waals surface area (Å²) in [6.07, 6.45) is 16.3. The second-order valence-corrected chi connectivity index (χ2v) is 16.1. The molecule has 0 bridgehead atoms. The van der Waals surface area contributed by atoms with Crippen LogP contribution in [0.1, 0.15) is 87.2 Å². The maximum Gasteiger partial charge on any atom is 0.122 e. The Labute approximate surface area is 232 Å². The van der Waals surface area contributed by atoms with Crippen LogP contribution in [-0.4, -0.2) is 19.2 Å². The van der Waals surface area contributed by atoms with E-state index in [1.165, 1.54) is 77.4 Å². The largest absolute Gasteiger partial charge is 0.489 e. The molecule has 0 fully saturated rings. The molecular weight excluding hydrogens is 478 g/mol. The Morgan fingerprint density at radius 1 is 0.947 bits per heavy atom. The molecule has 1 aliphatic rings. The van der Waals surface area contributed by atoms with E-state index in [0.29, 0.717) is 12.1 Å². The van der Waals surface area contributed by atoms with Crippen LogP contribution < -0.4 is 9.92 Å². The lowest BCUT2D eigenvalue weighted by Crippen LogP contribution is -2.49. The molecule has 1 aliphatic carbocycles. The molecule has 1 unspecified atom stereocenters. The molecule has 0 aliphatic heterocycles. The summed E-state index contributed by atoms with van der Waals surface area (Å²) in [4.78, 5) is 0. The molecule has 0 saturated heterocycles. The maximum atomic E-state index is 6.56. The second kappa shape index (κ2) is 12.8. The normalized spacial score (nSPS) is 14.9. The number of hydrogen-bond acceptors (Lipinski definition) is 1. The molecule has 38 heavy (non-hydrogen) atoms. The van der Waals surface area contributed by atoms with Crippen molar-refractivity contribution >= 4 is 19.3 Å². The molecule has 3 heteroatoms. The summed E-state index contributed by atoms with van der Waals surface area (Å²) in [5.74, 6) is 1.15. The number of hydrogen-bond donors (Lipinski definition) is 0. The van der Waals surface area contributed by atoms with Crippen molar-refractivity contribution in [3.63, 3.8) is 0 Å². The number of para-hydroxylation sites is 1. The van der Waals surface area contributed by atoms with Gasteiger partial charge in [0.1, 0.15) is 12.4 Å². The Morgan fingerprint density at radius 3 is 2.34 bits per heavy atom. The minimum atomic E-state index is -2.04. The summed E-state index contributed by atoms with van der Waals surface area (Å²) in [7, 11) is -2.04. The monoisotopic (exact) mass is 525 g/mol. The van der Waals surface area contributed by atoms with E-state index in [9.17, 15) is 0 Å². The average Bonchev–Trinajstić information content (AvgIpc) is 3.46. The third-order valence-corrected chi connectivity index (χ3v) is 12.2. The Morgan fingerprint density at radius 2 is 1.66 bits per heavy atom. The smallest absolute Gasteiger partial charge is 0.122 e. The average molecular weight is 526 g/mol. The maximum absolute atomic E-state index is 6.56. The van der Waals surface area contributed by atoms with Gasteiger partial charge in [-0.2, -0.15) is 0 Å². The number of ether oxygens (including phenoxy) is 1. The van der Waals surface area contributed by atoms with Gasteiger partial charge in [0.05, 0.1) is 8.07 Å². The number of rotatable bonds is 14. The van der Waals surface area contributed by atoms with Gasteiger partial charge in [0.2, 0.25) is 0 Å². The highest BCUT2D eigenvalue weighted by molar-refractivity contribution is 6.92. The van der Waals surface area contributed by atoms with E-state index in [1.807, 2.05) is 6.08 Å². The zero-order valence-corrected chi connectivity index (χ0v) is 25.4. The zero-order chi connectivity index (χ0) is 27.1. The molecular formula is C35H47NOSi. The van der Waals surface area contributed by atoms with Crippen LogP contribution in [-0.2, 0) is 12.8 Å². The van der Waals surface area contributed by atoms with E-state index in [1.54, 1.807) is 0 Å². The molecule has 2 nitrogen and oxygen atoms in total. The fraction of sp³-hybridized carbons (Fsp3) is 0.429. The molecule has 0 N–H and O–H groups in total. The predicted octanol–water partition coefficient (Wildman–Crippen LogP) is 9.16. The minimum Gasteiger partial charge on any atom is -0.489 e. The van der Waals surface area contributed by atoms with Crippen LogP contribution in [0.25, 0.3) is 11.8 Å². The number of aromatic nitrogens is 1. The van der Waals surface area contributed by atoms with Crippen LogP contribution in [0.15, 0.2) is 73.0 Å². The number of nitrogens with zero attached hydrogens (tertiary/aromatic N) is 1. The number of aryl methyl sites for hydroxylation is 2. The fourth-order valence-corrected chi connectivity index (χ4v) is 10.3. The molecule has 3 aromatic rings. The Balaban J connectivity index is 1.80. The third kappa shape index (κ3) is 5.94. The van der Waals surface area contributed by atoms with Crippen LogP contribution in [0.3, 0.4) is 0 Å². The first-order chi connectivity index (χ1) is 18.4. The van der Waals surface area contributed by atoms with Gasteiger partial charge in [-0.25, -0.2) is 0 Å². The molecule has 0 amide bonds. The van der Waals surface area contributed by atoms with Crippen molar-refractivity contribution in [1.29, 1.82) is 0 Å². The first kappa shape index (κ1) is 28.2. The Kier molecular flexibility index (Phi) is 9.54. The van der Waals surface area contributed by atoms with E-state index in [-0.39, 0.29) is 0 Å². The van der Waals surface area contributed by atoms with Gasteiger partial charge in [0.15, 0.2) is 0 Å². The highest BCUT2D eigenvalue weighted by atomic mass is 28.3. The molecule has 1 atom stereocenters. The quantitative estimate of drug-likeness (QED) is 0.116. The summed E-state index contributed by atoms with van der Waals surface area (Å²) >= 11 is 0. The van der Waals surface area contributed by atoms with Gasteiger partial charge in [-0.15, -0.1) is 0 Å². The molecule has 0 spiro atoms. The van der Waals surface area contributed by atoms with Crippen LogP contribution in [0.2, 0.25) is 13.1 Å². The first-order valence-electron chi connectivity index (χ1n) is 14.8. The van der Waals surface area contributed by atoms with Crippen molar-refractivity contribution in [3.05, 3.63) is 95.3 Å². The SMILES string of the molecule is C=CCOc1c(CCCCC)cc(CCCCC)cc1[Si](C)(C)C1C(C)=Cc2c1ccn2-c1ccccc1. The zero-order valence-electron chi connectivity index (χ0n) is 24.4. The van der Waals surface area contributed by atoms with Crippen LogP contribution in [0.4, 0.5) is 0 Å². The van der Waals surface area contributed by atoms with E-state index in [2.05, 4.69) is 106 Å². The van der Waals surface area contributed by atoms with Gasteiger partial charge >= 0.3 is 0 Å².